The quantitative estimate of drug-likeness (QED) is 0.364. The predicted octanol–water partition coefficient (Wildman–Crippen LogP) is 3.56. The minimum atomic E-state index is -0.284. The number of fused-ring (bicyclic) bond motifs is 1. The van der Waals surface area contributed by atoms with Crippen molar-refractivity contribution in [1.29, 1.82) is 0 Å². The minimum absolute atomic E-state index is 0.122. The Morgan fingerprint density at radius 1 is 1.17 bits per heavy atom. The zero-order valence-electron chi connectivity index (χ0n) is 15.5. The number of nitrogens with zero attached hydrogens (tertiary/aromatic N) is 3. The van der Waals surface area contributed by atoms with Gasteiger partial charge in [-0.15, -0.1) is 11.8 Å². The van der Waals surface area contributed by atoms with Gasteiger partial charge in [0.25, 0.3) is 5.56 Å². The first-order valence-electron chi connectivity index (χ1n) is 8.74. The molecule has 4 aromatic rings. The molecule has 2 N–H and O–H groups in total. The molecule has 0 aliphatic rings. The Hall–Kier alpha value is -3.04. The predicted molar refractivity (Wildman–Crippen MR) is 117 cm³/mol. The second-order valence-electron chi connectivity index (χ2n) is 6.07. The highest BCUT2D eigenvalue weighted by Gasteiger charge is 2.13. The first kappa shape index (κ1) is 19.3. The Morgan fingerprint density at radius 2 is 2.00 bits per heavy atom. The summed E-state index contributed by atoms with van der Waals surface area (Å²) in [6.45, 7) is 0. The van der Waals surface area contributed by atoms with Gasteiger partial charge in [-0.1, -0.05) is 36.0 Å². The lowest BCUT2D eigenvalue weighted by atomic mass is 10.3. The van der Waals surface area contributed by atoms with Gasteiger partial charge >= 0.3 is 0 Å². The SMILES string of the molecule is CSc1cccc(NC(=O)CSc2nc3c(cnn3-c3ccccc3)c(=O)[nH]2)c1. The molecule has 2 aromatic heterocycles. The summed E-state index contributed by atoms with van der Waals surface area (Å²) in [7, 11) is 0. The number of rotatable bonds is 6. The average molecular weight is 424 g/mol. The van der Waals surface area contributed by atoms with Gasteiger partial charge in [-0.25, -0.2) is 9.67 Å². The van der Waals surface area contributed by atoms with Crippen LogP contribution in [0.1, 0.15) is 0 Å². The highest BCUT2D eigenvalue weighted by atomic mass is 32.2. The maximum atomic E-state index is 12.4. The van der Waals surface area contributed by atoms with Crippen LogP contribution in [0.4, 0.5) is 5.69 Å². The molecular weight excluding hydrogens is 406 g/mol. The number of benzene rings is 2. The largest absolute Gasteiger partial charge is 0.325 e. The third-order valence-corrected chi connectivity index (χ3v) is 5.71. The van der Waals surface area contributed by atoms with E-state index >= 15 is 0 Å². The lowest BCUT2D eigenvalue weighted by Gasteiger charge is -2.07. The van der Waals surface area contributed by atoms with E-state index in [1.807, 2.05) is 60.9 Å². The average Bonchev–Trinajstić information content (AvgIpc) is 3.18. The molecule has 0 aliphatic carbocycles. The molecule has 0 bridgehead atoms. The number of amides is 1. The standard InChI is InChI=1S/C20H17N5O2S2/c1-28-15-9-5-6-13(10-15)22-17(26)12-29-20-23-18-16(19(27)24-20)11-21-25(18)14-7-3-2-4-8-14/h2-11H,12H2,1H3,(H,22,26)(H,23,24,27). The number of H-pyrrole nitrogens is 1. The van der Waals surface area contributed by atoms with Crippen LogP contribution in [0.25, 0.3) is 16.7 Å². The van der Waals surface area contributed by atoms with E-state index in [1.165, 1.54) is 18.0 Å². The lowest BCUT2D eigenvalue weighted by molar-refractivity contribution is -0.113. The van der Waals surface area contributed by atoms with E-state index < -0.39 is 0 Å². The maximum absolute atomic E-state index is 12.4. The van der Waals surface area contributed by atoms with Crippen LogP contribution in [-0.4, -0.2) is 37.7 Å². The second-order valence-corrected chi connectivity index (χ2v) is 7.91. The number of anilines is 1. The van der Waals surface area contributed by atoms with Gasteiger partial charge in [-0.05, 0) is 36.6 Å². The van der Waals surface area contributed by atoms with Crippen molar-refractivity contribution >= 4 is 46.2 Å². The van der Waals surface area contributed by atoms with Gasteiger partial charge in [-0.3, -0.25) is 9.59 Å². The molecule has 0 radical (unpaired) electrons. The minimum Gasteiger partial charge on any atom is -0.325 e. The molecule has 0 atom stereocenters. The summed E-state index contributed by atoms with van der Waals surface area (Å²) in [5.74, 6) is -0.0511. The Labute approximate surface area is 174 Å². The topological polar surface area (TPSA) is 92.7 Å². The highest BCUT2D eigenvalue weighted by molar-refractivity contribution is 7.99. The second kappa shape index (κ2) is 8.54. The molecule has 0 spiro atoms. The zero-order chi connectivity index (χ0) is 20.2. The van der Waals surface area contributed by atoms with Gasteiger partial charge in [0.15, 0.2) is 10.8 Å². The number of thioether (sulfide) groups is 2. The van der Waals surface area contributed by atoms with Crippen molar-refractivity contribution in [2.24, 2.45) is 0 Å². The fourth-order valence-electron chi connectivity index (χ4n) is 2.76. The molecule has 0 fully saturated rings. The number of para-hydroxylation sites is 1. The monoisotopic (exact) mass is 423 g/mol. The molecule has 1 amide bonds. The van der Waals surface area contributed by atoms with Crippen LogP contribution in [0, 0.1) is 0 Å². The highest BCUT2D eigenvalue weighted by Crippen LogP contribution is 2.20. The molecule has 9 heteroatoms. The van der Waals surface area contributed by atoms with Crippen molar-refractivity contribution < 1.29 is 4.79 Å². The molecule has 0 saturated heterocycles. The van der Waals surface area contributed by atoms with Gasteiger partial charge in [0.2, 0.25) is 5.91 Å². The summed E-state index contributed by atoms with van der Waals surface area (Å²) < 4.78 is 1.61. The number of carbonyl (C=O) groups excluding carboxylic acids is 1. The number of hydrogen-bond acceptors (Lipinski definition) is 6. The van der Waals surface area contributed by atoms with Gasteiger partial charge < -0.3 is 10.3 Å². The van der Waals surface area contributed by atoms with Crippen molar-refractivity contribution in [3.05, 3.63) is 71.1 Å². The Kier molecular flexibility index (Phi) is 5.68. The first-order chi connectivity index (χ1) is 14.1. The van der Waals surface area contributed by atoms with Crippen LogP contribution >= 0.6 is 23.5 Å². The van der Waals surface area contributed by atoms with E-state index in [9.17, 15) is 9.59 Å². The summed E-state index contributed by atoms with van der Waals surface area (Å²) in [4.78, 5) is 33.0. The van der Waals surface area contributed by atoms with Crippen LogP contribution in [0.2, 0.25) is 0 Å². The molecule has 4 rings (SSSR count). The Morgan fingerprint density at radius 3 is 2.79 bits per heavy atom. The lowest BCUT2D eigenvalue weighted by Crippen LogP contribution is -2.15. The summed E-state index contributed by atoms with van der Waals surface area (Å²) >= 11 is 2.78. The Balaban J connectivity index is 1.52. The molecule has 29 heavy (non-hydrogen) atoms. The molecule has 7 nitrogen and oxygen atoms in total. The van der Waals surface area contributed by atoms with Crippen LogP contribution in [-0.2, 0) is 4.79 Å². The first-order valence-corrected chi connectivity index (χ1v) is 11.0. The van der Waals surface area contributed by atoms with Gasteiger partial charge in [0.1, 0.15) is 5.39 Å². The van der Waals surface area contributed by atoms with Gasteiger partial charge in [-0.2, -0.15) is 5.10 Å². The normalized spacial score (nSPS) is 10.9. The smallest absolute Gasteiger partial charge is 0.262 e. The van der Waals surface area contributed by atoms with E-state index in [0.717, 1.165) is 16.3 Å². The van der Waals surface area contributed by atoms with E-state index in [-0.39, 0.29) is 17.2 Å². The third-order valence-electron chi connectivity index (χ3n) is 4.11. The van der Waals surface area contributed by atoms with Crippen molar-refractivity contribution in [2.45, 2.75) is 10.1 Å². The number of aromatic nitrogens is 4. The molecule has 2 aromatic carbocycles. The molecule has 0 unspecified atom stereocenters. The van der Waals surface area contributed by atoms with Crippen LogP contribution in [0.15, 0.2) is 75.6 Å². The maximum Gasteiger partial charge on any atom is 0.262 e. The van der Waals surface area contributed by atoms with Crippen LogP contribution in [0.3, 0.4) is 0 Å². The summed E-state index contributed by atoms with van der Waals surface area (Å²) in [5.41, 5.74) is 1.72. The van der Waals surface area contributed by atoms with Crippen LogP contribution < -0.4 is 10.9 Å². The van der Waals surface area contributed by atoms with E-state index in [2.05, 4.69) is 20.4 Å². The summed E-state index contributed by atoms with van der Waals surface area (Å²) in [6, 6.07) is 17.1. The molecule has 0 saturated carbocycles. The molecule has 146 valence electrons. The fraction of sp³-hybridized carbons (Fsp3) is 0.100. The fourth-order valence-corrected chi connectivity index (χ4v) is 3.87. The number of aromatic amines is 1. The van der Waals surface area contributed by atoms with E-state index in [1.54, 1.807) is 16.4 Å². The number of hydrogen-bond donors (Lipinski definition) is 2. The van der Waals surface area contributed by atoms with Crippen molar-refractivity contribution in [3.8, 4) is 5.69 Å². The van der Waals surface area contributed by atoms with Gasteiger partial charge in [0.05, 0.1) is 17.6 Å². The number of nitrogens with one attached hydrogen (secondary N) is 2. The summed E-state index contributed by atoms with van der Waals surface area (Å²) in [5, 5.41) is 7.91. The van der Waals surface area contributed by atoms with Gasteiger partial charge in [0, 0.05) is 10.6 Å². The molecule has 0 aliphatic heterocycles. The molecular formula is C20H17N5O2S2. The zero-order valence-corrected chi connectivity index (χ0v) is 17.1. The number of carbonyl (C=O) groups is 1. The molecule has 2 heterocycles. The van der Waals surface area contributed by atoms with Crippen molar-refractivity contribution in [1.82, 2.24) is 19.7 Å². The van der Waals surface area contributed by atoms with E-state index in [4.69, 9.17) is 0 Å². The van der Waals surface area contributed by atoms with E-state index in [0.29, 0.717) is 16.2 Å². The third kappa shape index (κ3) is 4.36. The van der Waals surface area contributed by atoms with Crippen LogP contribution in [0.5, 0.6) is 0 Å². The van der Waals surface area contributed by atoms with Crippen molar-refractivity contribution in [3.63, 3.8) is 0 Å². The Bertz CT molecular complexity index is 1220. The summed E-state index contributed by atoms with van der Waals surface area (Å²) in [6.07, 6.45) is 3.48. The van der Waals surface area contributed by atoms with Crippen molar-refractivity contribution in [2.75, 3.05) is 17.3 Å².